The average Bonchev–Trinajstić information content (AvgIpc) is 2.77. The fraction of sp³-hybridized carbons (Fsp3) is 0.692. The second-order valence-electron chi connectivity index (χ2n) is 5.55. The Hall–Kier alpha value is -0.940. The zero-order valence-corrected chi connectivity index (χ0v) is 12.1. The zero-order chi connectivity index (χ0) is 13.2. The van der Waals surface area contributed by atoms with Gasteiger partial charge in [-0.05, 0) is 25.3 Å². The molecule has 1 atom stereocenters. The molecule has 1 N–H and O–H groups in total. The molecule has 0 radical (unpaired) electrons. The van der Waals surface area contributed by atoms with Gasteiger partial charge in [0.05, 0.1) is 23.8 Å². The number of carbonyl (C=O) groups is 1. The molecular formula is C13H21N3OS. The number of likely N-dealkylation sites (tertiary alicyclic amines) is 1. The lowest BCUT2D eigenvalue weighted by molar-refractivity contribution is -0.135. The predicted molar refractivity (Wildman–Crippen MR) is 73.4 cm³/mol. The van der Waals surface area contributed by atoms with E-state index in [2.05, 4.69) is 24.1 Å². The highest BCUT2D eigenvalue weighted by molar-refractivity contribution is 7.07. The lowest BCUT2D eigenvalue weighted by atomic mass is 9.80. The molecule has 1 aromatic rings. The summed E-state index contributed by atoms with van der Waals surface area (Å²) in [5, 5.41) is 5.20. The number of likely N-dealkylation sites (N-methyl/N-ethyl adjacent to an activating group) is 1. The Morgan fingerprint density at radius 1 is 1.61 bits per heavy atom. The molecule has 0 bridgehead atoms. The van der Waals surface area contributed by atoms with Crippen LogP contribution in [0.4, 0.5) is 0 Å². The molecule has 2 heterocycles. The summed E-state index contributed by atoms with van der Waals surface area (Å²) in [5.74, 6) is 0.202. The van der Waals surface area contributed by atoms with Crippen LogP contribution in [0.25, 0.3) is 0 Å². The van der Waals surface area contributed by atoms with Crippen molar-refractivity contribution in [1.29, 1.82) is 0 Å². The Bertz CT molecular complexity index is 402. The smallest absolute Gasteiger partial charge is 0.240 e. The normalized spacial score (nSPS) is 24.1. The SMILES string of the molecule is CNC1C(=O)N(Cc2cscn2)CCCC1(C)C. The standard InChI is InChI=1S/C13H21N3OS/c1-13(2)5-4-6-16(12(17)11(13)14-3)7-10-8-18-9-15-10/h8-9,11,14H,4-7H2,1-3H3. The third-order valence-corrected chi connectivity index (χ3v) is 4.35. The minimum Gasteiger partial charge on any atom is -0.335 e. The van der Waals surface area contributed by atoms with E-state index in [1.165, 1.54) is 0 Å². The molecule has 100 valence electrons. The fourth-order valence-corrected chi connectivity index (χ4v) is 3.23. The number of carbonyl (C=O) groups excluding carboxylic acids is 1. The van der Waals surface area contributed by atoms with Crippen LogP contribution in [-0.4, -0.2) is 35.4 Å². The summed E-state index contributed by atoms with van der Waals surface area (Å²) < 4.78 is 0. The summed E-state index contributed by atoms with van der Waals surface area (Å²) in [6, 6.07) is -0.0985. The van der Waals surface area contributed by atoms with Gasteiger partial charge in [-0.2, -0.15) is 0 Å². The van der Waals surface area contributed by atoms with Crippen molar-refractivity contribution in [2.75, 3.05) is 13.6 Å². The van der Waals surface area contributed by atoms with Crippen LogP contribution in [0.5, 0.6) is 0 Å². The van der Waals surface area contributed by atoms with E-state index in [1.54, 1.807) is 11.3 Å². The molecule has 1 aliphatic rings. The summed E-state index contributed by atoms with van der Waals surface area (Å²) in [6.45, 7) is 5.80. The first-order chi connectivity index (χ1) is 8.54. The van der Waals surface area contributed by atoms with Crippen molar-refractivity contribution in [2.45, 2.75) is 39.3 Å². The van der Waals surface area contributed by atoms with Crippen molar-refractivity contribution in [3.63, 3.8) is 0 Å². The molecule has 2 rings (SSSR count). The van der Waals surface area contributed by atoms with Crippen molar-refractivity contribution < 1.29 is 4.79 Å². The number of thiazole rings is 1. The quantitative estimate of drug-likeness (QED) is 0.909. The number of hydrogen-bond acceptors (Lipinski definition) is 4. The Labute approximate surface area is 112 Å². The minimum atomic E-state index is -0.0985. The molecule has 5 heteroatoms. The third-order valence-electron chi connectivity index (χ3n) is 3.71. The van der Waals surface area contributed by atoms with Crippen LogP contribution in [0.2, 0.25) is 0 Å². The molecule has 1 saturated heterocycles. The highest BCUT2D eigenvalue weighted by Crippen LogP contribution is 2.31. The van der Waals surface area contributed by atoms with Crippen LogP contribution in [0.3, 0.4) is 0 Å². The van der Waals surface area contributed by atoms with Gasteiger partial charge in [-0.15, -0.1) is 11.3 Å². The third kappa shape index (κ3) is 2.72. The van der Waals surface area contributed by atoms with Gasteiger partial charge in [0.1, 0.15) is 0 Å². The molecular weight excluding hydrogens is 246 g/mol. The van der Waals surface area contributed by atoms with Gasteiger partial charge in [-0.3, -0.25) is 4.79 Å². The first-order valence-corrected chi connectivity index (χ1v) is 7.32. The summed E-state index contributed by atoms with van der Waals surface area (Å²) in [5.41, 5.74) is 2.82. The van der Waals surface area contributed by atoms with Crippen LogP contribution < -0.4 is 5.32 Å². The molecule has 18 heavy (non-hydrogen) atoms. The Morgan fingerprint density at radius 3 is 3.00 bits per heavy atom. The van der Waals surface area contributed by atoms with Crippen LogP contribution in [-0.2, 0) is 11.3 Å². The van der Waals surface area contributed by atoms with Gasteiger partial charge in [0, 0.05) is 11.9 Å². The molecule has 0 aliphatic carbocycles. The predicted octanol–water partition coefficient (Wildman–Crippen LogP) is 1.88. The molecule has 1 aromatic heterocycles. The molecule has 0 saturated carbocycles. The fourth-order valence-electron chi connectivity index (χ4n) is 2.68. The van der Waals surface area contributed by atoms with Gasteiger partial charge in [-0.1, -0.05) is 13.8 Å². The maximum atomic E-state index is 12.6. The van der Waals surface area contributed by atoms with Gasteiger partial charge in [0.2, 0.25) is 5.91 Å². The van der Waals surface area contributed by atoms with Crippen LogP contribution in [0.15, 0.2) is 10.9 Å². The summed E-state index contributed by atoms with van der Waals surface area (Å²) in [7, 11) is 1.87. The van der Waals surface area contributed by atoms with Crippen LogP contribution in [0, 0.1) is 5.41 Å². The van der Waals surface area contributed by atoms with Crippen molar-refractivity contribution in [1.82, 2.24) is 15.2 Å². The topological polar surface area (TPSA) is 45.2 Å². The maximum Gasteiger partial charge on any atom is 0.240 e. The highest BCUT2D eigenvalue weighted by Gasteiger charge is 2.38. The van der Waals surface area contributed by atoms with E-state index in [1.807, 2.05) is 22.8 Å². The second kappa shape index (κ2) is 5.36. The van der Waals surface area contributed by atoms with Gasteiger partial charge in [0.15, 0.2) is 0 Å². The number of hydrogen-bond donors (Lipinski definition) is 1. The maximum absolute atomic E-state index is 12.6. The Morgan fingerprint density at radius 2 is 2.39 bits per heavy atom. The van der Waals surface area contributed by atoms with E-state index in [0.717, 1.165) is 25.1 Å². The van der Waals surface area contributed by atoms with Gasteiger partial charge in [-0.25, -0.2) is 4.98 Å². The van der Waals surface area contributed by atoms with E-state index in [9.17, 15) is 4.79 Å². The summed E-state index contributed by atoms with van der Waals surface area (Å²) in [4.78, 5) is 18.8. The van der Waals surface area contributed by atoms with Gasteiger partial charge >= 0.3 is 0 Å². The molecule has 1 amide bonds. The van der Waals surface area contributed by atoms with E-state index in [4.69, 9.17) is 0 Å². The highest BCUT2D eigenvalue weighted by atomic mass is 32.1. The monoisotopic (exact) mass is 267 g/mol. The Balaban J connectivity index is 2.14. The van der Waals surface area contributed by atoms with Crippen molar-refractivity contribution in [2.24, 2.45) is 5.41 Å². The van der Waals surface area contributed by atoms with Gasteiger partial charge < -0.3 is 10.2 Å². The first-order valence-electron chi connectivity index (χ1n) is 6.38. The molecule has 4 nitrogen and oxygen atoms in total. The molecule has 1 aliphatic heterocycles. The van der Waals surface area contributed by atoms with Gasteiger partial charge in [0.25, 0.3) is 0 Å². The average molecular weight is 267 g/mol. The molecule has 0 spiro atoms. The Kier molecular flexibility index (Phi) is 4.02. The second-order valence-corrected chi connectivity index (χ2v) is 6.27. The zero-order valence-electron chi connectivity index (χ0n) is 11.3. The van der Waals surface area contributed by atoms with E-state index in [-0.39, 0.29) is 17.4 Å². The van der Waals surface area contributed by atoms with E-state index >= 15 is 0 Å². The molecule has 1 unspecified atom stereocenters. The summed E-state index contributed by atoms with van der Waals surface area (Å²) >= 11 is 1.58. The van der Waals surface area contributed by atoms with Crippen molar-refractivity contribution in [3.8, 4) is 0 Å². The first kappa shape index (κ1) is 13.5. The number of rotatable bonds is 3. The van der Waals surface area contributed by atoms with E-state index in [0.29, 0.717) is 6.54 Å². The lowest BCUT2D eigenvalue weighted by Crippen LogP contribution is -2.50. The van der Waals surface area contributed by atoms with Crippen LogP contribution >= 0.6 is 11.3 Å². The number of nitrogens with one attached hydrogen (secondary N) is 1. The largest absolute Gasteiger partial charge is 0.335 e. The lowest BCUT2D eigenvalue weighted by Gasteiger charge is -2.32. The summed E-state index contributed by atoms with van der Waals surface area (Å²) in [6.07, 6.45) is 2.12. The van der Waals surface area contributed by atoms with E-state index < -0.39 is 0 Å². The number of amides is 1. The molecule has 0 aromatic carbocycles. The molecule has 1 fully saturated rings. The number of aromatic nitrogens is 1. The minimum absolute atomic E-state index is 0.0165. The van der Waals surface area contributed by atoms with Crippen molar-refractivity contribution >= 4 is 17.2 Å². The number of nitrogens with zero attached hydrogens (tertiary/aromatic N) is 2. The van der Waals surface area contributed by atoms with Crippen molar-refractivity contribution in [3.05, 3.63) is 16.6 Å². The van der Waals surface area contributed by atoms with Crippen LogP contribution in [0.1, 0.15) is 32.4 Å².